The first-order chi connectivity index (χ1) is 20.4. The number of hydrogen-bond acceptors (Lipinski definition) is 9. The Bertz CT molecular complexity index is 1400. The third-order valence-electron chi connectivity index (χ3n) is 6.54. The van der Waals surface area contributed by atoms with Gasteiger partial charge in [-0.25, -0.2) is 4.79 Å². The van der Waals surface area contributed by atoms with Crippen LogP contribution < -0.4 is 21.7 Å². The van der Waals surface area contributed by atoms with E-state index < -0.39 is 54.5 Å². The molecule has 0 aliphatic heterocycles. The van der Waals surface area contributed by atoms with Crippen LogP contribution in [0.15, 0.2) is 72.8 Å². The molecule has 228 valence electrons. The van der Waals surface area contributed by atoms with Gasteiger partial charge in [-0.15, -0.1) is 0 Å². The van der Waals surface area contributed by atoms with Gasteiger partial charge in [-0.1, -0.05) is 36.4 Å². The molecule has 4 unspecified atom stereocenters. The Morgan fingerprint density at radius 1 is 0.558 bits per heavy atom. The highest BCUT2D eigenvalue weighted by Gasteiger charge is 2.30. The molecule has 0 spiro atoms. The lowest BCUT2D eigenvalue weighted by molar-refractivity contribution is -0.143. The largest absolute Gasteiger partial charge is 0.508 e. The minimum Gasteiger partial charge on any atom is -0.508 e. The van der Waals surface area contributed by atoms with Crippen molar-refractivity contribution < 1.29 is 44.7 Å². The SMILES string of the molecule is NC(Cc1ccc(O)cc1)C(=O)NC(Cc1ccc(O)cc1)C(=O)NC(Cc1ccc(O)cc1)C(=O)NC(CO)C(=O)O. The molecule has 0 saturated heterocycles. The lowest BCUT2D eigenvalue weighted by Gasteiger charge is -2.25. The maximum atomic E-state index is 13.6. The number of carboxylic acid groups (broad SMARTS) is 1. The Balaban J connectivity index is 1.83. The monoisotopic (exact) mass is 594 g/mol. The highest BCUT2D eigenvalue weighted by molar-refractivity contribution is 5.94. The van der Waals surface area contributed by atoms with Gasteiger partial charge < -0.3 is 47.2 Å². The van der Waals surface area contributed by atoms with Crippen molar-refractivity contribution in [2.75, 3.05) is 6.61 Å². The molecule has 0 bridgehead atoms. The maximum absolute atomic E-state index is 13.6. The van der Waals surface area contributed by atoms with E-state index in [1.807, 2.05) is 0 Å². The van der Waals surface area contributed by atoms with Crippen LogP contribution in [0.25, 0.3) is 0 Å². The zero-order chi connectivity index (χ0) is 31.5. The molecule has 13 nitrogen and oxygen atoms in total. The van der Waals surface area contributed by atoms with Crippen molar-refractivity contribution in [3.63, 3.8) is 0 Å². The summed E-state index contributed by atoms with van der Waals surface area (Å²) in [6, 6.07) is 12.5. The number of aliphatic carboxylic acids is 1. The summed E-state index contributed by atoms with van der Waals surface area (Å²) < 4.78 is 0. The first-order valence-corrected chi connectivity index (χ1v) is 13.3. The van der Waals surface area contributed by atoms with Crippen LogP contribution in [0.5, 0.6) is 17.2 Å². The smallest absolute Gasteiger partial charge is 0.328 e. The second-order valence-electron chi connectivity index (χ2n) is 9.92. The molecule has 3 rings (SSSR count). The Hall–Kier alpha value is -5.14. The van der Waals surface area contributed by atoms with Gasteiger partial charge in [-0.3, -0.25) is 14.4 Å². The molecule has 0 aliphatic rings. The number of aromatic hydroxyl groups is 3. The number of rotatable bonds is 14. The molecule has 43 heavy (non-hydrogen) atoms. The van der Waals surface area contributed by atoms with Crippen LogP contribution in [-0.2, 0) is 38.4 Å². The summed E-state index contributed by atoms with van der Waals surface area (Å²) in [5, 5.41) is 54.7. The molecule has 0 heterocycles. The van der Waals surface area contributed by atoms with Crippen molar-refractivity contribution >= 4 is 23.7 Å². The Morgan fingerprint density at radius 2 is 0.884 bits per heavy atom. The molecule has 13 heteroatoms. The number of carbonyl (C=O) groups excluding carboxylic acids is 3. The second-order valence-corrected chi connectivity index (χ2v) is 9.92. The standard InChI is InChI=1S/C30H34N4O9/c31-23(13-17-1-7-20(36)8-2-17)27(39)32-24(14-18-3-9-21(37)10-4-18)28(40)33-25(15-19-5-11-22(38)12-6-19)29(41)34-26(16-35)30(42)43/h1-12,23-26,35-38H,13-16,31H2,(H,32,39)(H,33,40)(H,34,41)(H,42,43). The summed E-state index contributed by atoms with van der Waals surface area (Å²) in [6.07, 6.45) is -0.0646. The summed E-state index contributed by atoms with van der Waals surface area (Å²) in [7, 11) is 0. The van der Waals surface area contributed by atoms with Crippen molar-refractivity contribution in [2.24, 2.45) is 5.73 Å². The molecule has 4 atom stereocenters. The van der Waals surface area contributed by atoms with E-state index in [1.165, 1.54) is 48.5 Å². The van der Waals surface area contributed by atoms with E-state index >= 15 is 0 Å². The topological polar surface area (TPSA) is 232 Å². The highest BCUT2D eigenvalue weighted by atomic mass is 16.4. The summed E-state index contributed by atoms with van der Waals surface area (Å²) in [5.74, 6) is -3.82. The van der Waals surface area contributed by atoms with E-state index in [4.69, 9.17) is 5.73 Å². The molecule has 0 aromatic heterocycles. The molecule has 0 fully saturated rings. The Labute approximate surface area is 247 Å². The van der Waals surface area contributed by atoms with Gasteiger partial charge in [0.1, 0.15) is 35.4 Å². The molecule has 10 N–H and O–H groups in total. The minimum absolute atomic E-state index is 0.00721. The Kier molecular flexibility index (Phi) is 11.4. The minimum atomic E-state index is -1.63. The lowest BCUT2D eigenvalue weighted by Crippen LogP contribution is -2.58. The van der Waals surface area contributed by atoms with Crippen LogP contribution in [0, 0.1) is 0 Å². The Morgan fingerprint density at radius 3 is 1.23 bits per heavy atom. The summed E-state index contributed by atoms with van der Waals surface area (Å²) in [4.78, 5) is 51.2. The number of carbonyl (C=O) groups is 4. The third kappa shape index (κ3) is 10.0. The number of carboxylic acids is 1. The number of aliphatic hydroxyl groups excluding tert-OH is 1. The van der Waals surface area contributed by atoms with Gasteiger partial charge in [0.15, 0.2) is 0 Å². The number of nitrogens with one attached hydrogen (secondary N) is 3. The normalized spacial score (nSPS) is 13.6. The van der Waals surface area contributed by atoms with Gasteiger partial charge in [-0.05, 0) is 59.5 Å². The van der Waals surface area contributed by atoms with Crippen molar-refractivity contribution in [1.29, 1.82) is 0 Å². The highest BCUT2D eigenvalue weighted by Crippen LogP contribution is 2.15. The number of amides is 3. The third-order valence-corrected chi connectivity index (χ3v) is 6.54. The van der Waals surface area contributed by atoms with Crippen LogP contribution in [0.2, 0.25) is 0 Å². The molecule has 0 aliphatic carbocycles. The predicted octanol–water partition coefficient (Wildman–Crippen LogP) is -0.310. The first kappa shape index (κ1) is 32.4. The van der Waals surface area contributed by atoms with E-state index in [0.29, 0.717) is 16.7 Å². The van der Waals surface area contributed by atoms with E-state index in [9.17, 15) is 44.7 Å². The van der Waals surface area contributed by atoms with Crippen LogP contribution >= 0.6 is 0 Å². The molecule has 3 aromatic rings. The van der Waals surface area contributed by atoms with Crippen LogP contribution in [0.3, 0.4) is 0 Å². The van der Waals surface area contributed by atoms with Crippen LogP contribution in [0.1, 0.15) is 16.7 Å². The quantitative estimate of drug-likeness (QED) is 0.118. The zero-order valence-electron chi connectivity index (χ0n) is 23.0. The van der Waals surface area contributed by atoms with E-state index in [0.717, 1.165) is 0 Å². The van der Waals surface area contributed by atoms with Gasteiger partial charge in [0, 0.05) is 12.8 Å². The van der Waals surface area contributed by atoms with E-state index in [2.05, 4.69) is 16.0 Å². The van der Waals surface area contributed by atoms with Gasteiger partial charge in [-0.2, -0.15) is 0 Å². The molecule has 0 saturated carbocycles. The maximum Gasteiger partial charge on any atom is 0.328 e. The van der Waals surface area contributed by atoms with Crippen LogP contribution in [0.4, 0.5) is 0 Å². The molecular weight excluding hydrogens is 560 g/mol. The second kappa shape index (κ2) is 15.2. The lowest BCUT2D eigenvalue weighted by atomic mass is 10.0. The van der Waals surface area contributed by atoms with Gasteiger partial charge in [0.05, 0.1) is 12.6 Å². The fourth-order valence-corrected chi connectivity index (χ4v) is 4.14. The number of benzene rings is 3. The number of hydrogen-bond donors (Lipinski definition) is 9. The van der Waals surface area contributed by atoms with Gasteiger partial charge in [0.2, 0.25) is 17.7 Å². The number of phenols is 3. The summed E-state index contributed by atoms with van der Waals surface area (Å²) in [5.41, 5.74) is 7.86. The van der Waals surface area contributed by atoms with Crippen LogP contribution in [-0.4, -0.2) is 80.0 Å². The average Bonchev–Trinajstić information content (AvgIpc) is 2.98. The number of aliphatic hydroxyl groups is 1. The predicted molar refractivity (Wildman–Crippen MR) is 154 cm³/mol. The fourth-order valence-electron chi connectivity index (χ4n) is 4.14. The van der Waals surface area contributed by atoms with Crippen molar-refractivity contribution in [2.45, 2.75) is 43.4 Å². The fraction of sp³-hybridized carbons (Fsp3) is 0.267. The summed E-state index contributed by atoms with van der Waals surface area (Å²) in [6.45, 7) is -0.889. The number of nitrogens with two attached hydrogens (primary N) is 1. The zero-order valence-corrected chi connectivity index (χ0v) is 23.0. The average molecular weight is 595 g/mol. The first-order valence-electron chi connectivity index (χ1n) is 13.3. The van der Waals surface area contributed by atoms with Crippen molar-refractivity contribution in [3.8, 4) is 17.2 Å². The van der Waals surface area contributed by atoms with E-state index in [-0.39, 0.29) is 36.5 Å². The van der Waals surface area contributed by atoms with Gasteiger partial charge >= 0.3 is 5.97 Å². The van der Waals surface area contributed by atoms with Crippen molar-refractivity contribution in [3.05, 3.63) is 89.5 Å². The molecular formula is C30H34N4O9. The van der Waals surface area contributed by atoms with Crippen molar-refractivity contribution in [1.82, 2.24) is 16.0 Å². The van der Waals surface area contributed by atoms with E-state index in [1.54, 1.807) is 24.3 Å². The molecule has 0 radical (unpaired) electrons. The molecule has 3 amide bonds. The molecule has 3 aromatic carbocycles. The number of phenolic OH excluding ortho intramolecular Hbond substituents is 3. The summed E-state index contributed by atoms with van der Waals surface area (Å²) >= 11 is 0. The van der Waals surface area contributed by atoms with Gasteiger partial charge in [0.25, 0.3) is 0 Å².